The second-order valence-corrected chi connectivity index (χ2v) is 7.31. The number of nitrogens with one attached hydrogen (secondary N) is 1. The number of hydrogen-bond acceptors (Lipinski definition) is 6. The second kappa shape index (κ2) is 5.89. The van der Waals surface area contributed by atoms with Crippen LogP contribution in [0.25, 0.3) is 5.65 Å². The van der Waals surface area contributed by atoms with E-state index < -0.39 is 0 Å². The fourth-order valence-electron chi connectivity index (χ4n) is 2.74. The van der Waals surface area contributed by atoms with E-state index in [1.165, 1.54) is 0 Å². The summed E-state index contributed by atoms with van der Waals surface area (Å²) < 4.78 is 7.04. The first kappa shape index (κ1) is 16.4. The van der Waals surface area contributed by atoms with Crippen LogP contribution in [0.3, 0.4) is 0 Å². The largest absolute Gasteiger partial charge is 0.366 e. The molecule has 0 aliphatic rings. The van der Waals surface area contributed by atoms with Crippen LogP contribution >= 0.6 is 0 Å². The molecule has 0 saturated heterocycles. The Morgan fingerprint density at radius 3 is 2.58 bits per heavy atom. The highest BCUT2D eigenvalue weighted by Gasteiger charge is 2.22. The molecule has 1 N–H and O–H groups in total. The van der Waals surface area contributed by atoms with Crippen LogP contribution in [0.4, 0.5) is 5.82 Å². The minimum atomic E-state index is -0.118. The molecule has 0 aliphatic carbocycles. The molecule has 128 valence electrons. The van der Waals surface area contributed by atoms with E-state index in [2.05, 4.69) is 53.5 Å². The standard InChI is InChI=1S/C17H24N6O/c1-10(9-13-11(2)22-24-12(13)3)18-14-7-8-15-19-20-16(17(4,5)6)23(15)21-14/h7-8,10H,9H2,1-6H3,(H,18,21). The molecule has 0 radical (unpaired) electrons. The highest BCUT2D eigenvalue weighted by molar-refractivity contribution is 5.45. The maximum atomic E-state index is 5.23. The van der Waals surface area contributed by atoms with Gasteiger partial charge < -0.3 is 9.84 Å². The van der Waals surface area contributed by atoms with Gasteiger partial charge in [0.1, 0.15) is 11.6 Å². The van der Waals surface area contributed by atoms with Gasteiger partial charge >= 0.3 is 0 Å². The van der Waals surface area contributed by atoms with Crippen LogP contribution in [0.2, 0.25) is 0 Å². The van der Waals surface area contributed by atoms with E-state index in [1.54, 1.807) is 0 Å². The molecule has 0 fully saturated rings. The van der Waals surface area contributed by atoms with Crippen LogP contribution in [0, 0.1) is 13.8 Å². The van der Waals surface area contributed by atoms with Crippen LogP contribution in [0.15, 0.2) is 16.7 Å². The number of nitrogens with zero attached hydrogens (tertiary/aromatic N) is 5. The Hall–Kier alpha value is -2.44. The molecular formula is C17H24N6O. The van der Waals surface area contributed by atoms with E-state index >= 15 is 0 Å². The third kappa shape index (κ3) is 3.11. The van der Waals surface area contributed by atoms with Gasteiger partial charge in [0.05, 0.1) is 5.69 Å². The Bertz CT molecular complexity index is 838. The predicted octanol–water partition coefficient (Wildman–Crippen LogP) is 3.07. The summed E-state index contributed by atoms with van der Waals surface area (Å²) >= 11 is 0. The number of anilines is 1. The van der Waals surface area contributed by atoms with Gasteiger partial charge in [-0.2, -0.15) is 4.52 Å². The van der Waals surface area contributed by atoms with Crippen LogP contribution in [0.1, 0.15) is 50.5 Å². The van der Waals surface area contributed by atoms with Gasteiger partial charge in [-0.25, -0.2) is 0 Å². The summed E-state index contributed by atoms with van der Waals surface area (Å²) in [7, 11) is 0. The van der Waals surface area contributed by atoms with E-state index in [0.29, 0.717) is 0 Å². The molecule has 7 nitrogen and oxygen atoms in total. The molecule has 1 atom stereocenters. The van der Waals surface area contributed by atoms with Crippen molar-refractivity contribution >= 4 is 11.5 Å². The molecule has 0 amide bonds. The lowest BCUT2D eigenvalue weighted by Gasteiger charge is -2.17. The first-order valence-corrected chi connectivity index (χ1v) is 8.17. The van der Waals surface area contributed by atoms with Crippen LogP contribution < -0.4 is 5.32 Å². The van der Waals surface area contributed by atoms with Crippen molar-refractivity contribution in [1.82, 2.24) is 25.0 Å². The topological polar surface area (TPSA) is 81.1 Å². The smallest absolute Gasteiger partial charge is 0.178 e. The van der Waals surface area contributed by atoms with Gasteiger partial charge in [-0.05, 0) is 39.3 Å². The number of rotatable bonds is 4. The average molecular weight is 328 g/mol. The van der Waals surface area contributed by atoms with Crippen molar-refractivity contribution < 1.29 is 4.52 Å². The van der Waals surface area contributed by atoms with Crippen molar-refractivity contribution in [2.45, 2.75) is 59.4 Å². The second-order valence-electron chi connectivity index (χ2n) is 7.31. The van der Waals surface area contributed by atoms with Crippen molar-refractivity contribution in [1.29, 1.82) is 0 Å². The number of fused-ring (bicyclic) bond motifs is 1. The highest BCUT2D eigenvalue weighted by Crippen LogP contribution is 2.21. The summed E-state index contributed by atoms with van der Waals surface area (Å²) in [6, 6.07) is 4.06. The number of aromatic nitrogens is 5. The summed E-state index contributed by atoms with van der Waals surface area (Å²) in [4.78, 5) is 0. The van der Waals surface area contributed by atoms with Gasteiger partial charge in [0.25, 0.3) is 0 Å². The zero-order chi connectivity index (χ0) is 17.5. The fourth-order valence-corrected chi connectivity index (χ4v) is 2.74. The zero-order valence-corrected chi connectivity index (χ0v) is 15.1. The molecule has 0 aliphatic heterocycles. The lowest BCUT2D eigenvalue weighted by atomic mass is 9.96. The zero-order valence-electron chi connectivity index (χ0n) is 15.1. The van der Waals surface area contributed by atoms with E-state index in [0.717, 1.165) is 40.7 Å². The Balaban J connectivity index is 1.82. The van der Waals surface area contributed by atoms with Gasteiger partial charge in [0.2, 0.25) is 0 Å². The Kier molecular flexibility index (Phi) is 4.03. The maximum absolute atomic E-state index is 5.23. The lowest BCUT2D eigenvalue weighted by molar-refractivity contribution is 0.392. The third-order valence-corrected chi connectivity index (χ3v) is 4.02. The minimum absolute atomic E-state index is 0.118. The van der Waals surface area contributed by atoms with Gasteiger partial charge in [0, 0.05) is 17.0 Å². The SMILES string of the molecule is Cc1noc(C)c1CC(C)Nc1ccc2nnc(C(C)(C)C)n2n1. The van der Waals surface area contributed by atoms with E-state index in [-0.39, 0.29) is 11.5 Å². The van der Waals surface area contributed by atoms with Crippen molar-refractivity contribution in [2.75, 3.05) is 5.32 Å². The molecule has 0 saturated carbocycles. The molecule has 0 spiro atoms. The molecule has 24 heavy (non-hydrogen) atoms. The first-order chi connectivity index (χ1) is 11.3. The van der Waals surface area contributed by atoms with Gasteiger partial charge in [-0.3, -0.25) is 0 Å². The van der Waals surface area contributed by atoms with E-state index in [1.807, 2.05) is 30.5 Å². The fraction of sp³-hybridized carbons (Fsp3) is 0.529. The van der Waals surface area contributed by atoms with Crippen LogP contribution in [0.5, 0.6) is 0 Å². The summed E-state index contributed by atoms with van der Waals surface area (Å²) in [6.45, 7) is 12.3. The lowest BCUT2D eigenvalue weighted by Crippen LogP contribution is -2.21. The van der Waals surface area contributed by atoms with Crippen LogP contribution in [-0.4, -0.2) is 31.0 Å². The summed E-state index contributed by atoms with van der Waals surface area (Å²) in [5.74, 6) is 2.52. The first-order valence-electron chi connectivity index (χ1n) is 8.17. The summed E-state index contributed by atoms with van der Waals surface area (Å²) in [6.07, 6.45) is 0.829. The van der Waals surface area contributed by atoms with Gasteiger partial charge in [-0.1, -0.05) is 25.9 Å². The van der Waals surface area contributed by atoms with Crippen molar-refractivity contribution in [2.24, 2.45) is 0 Å². The summed E-state index contributed by atoms with van der Waals surface area (Å²) in [5, 5.41) is 20.6. The van der Waals surface area contributed by atoms with Gasteiger partial charge in [0.15, 0.2) is 11.5 Å². The quantitative estimate of drug-likeness (QED) is 0.792. The molecule has 0 aromatic carbocycles. The number of hydrogen-bond donors (Lipinski definition) is 1. The van der Waals surface area contributed by atoms with E-state index in [4.69, 9.17) is 4.52 Å². The molecule has 0 bridgehead atoms. The van der Waals surface area contributed by atoms with Crippen molar-refractivity contribution in [3.8, 4) is 0 Å². The molecule has 3 heterocycles. The Labute approximate surface area is 141 Å². The summed E-state index contributed by atoms with van der Waals surface area (Å²) in [5.41, 5.74) is 2.73. The molecule has 3 aromatic rings. The molecule has 3 aromatic heterocycles. The van der Waals surface area contributed by atoms with Gasteiger partial charge in [-0.15, -0.1) is 15.3 Å². The maximum Gasteiger partial charge on any atom is 0.178 e. The van der Waals surface area contributed by atoms with E-state index in [9.17, 15) is 0 Å². The Morgan fingerprint density at radius 2 is 1.96 bits per heavy atom. The monoisotopic (exact) mass is 328 g/mol. The highest BCUT2D eigenvalue weighted by atomic mass is 16.5. The third-order valence-electron chi connectivity index (χ3n) is 4.02. The normalized spacial score (nSPS) is 13.4. The van der Waals surface area contributed by atoms with Crippen molar-refractivity contribution in [3.63, 3.8) is 0 Å². The Morgan fingerprint density at radius 1 is 1.21 bits per heavy atom. The minimum Gasteiger partial charge on any atom is -0.366 e. The predicted molar refractivity (Wildman–Crippen MR) is 92.2 cm³/mol. The molecule has 3 rings (SSSR count). The molecule has 1 unspecified atom stereocenters. The molecular weight excluding hydrogens is 304 g/mol. The average Bonchev–Trinajstić information content (AvgIpc) is 3.05. The van der Waals surface area contributed by atoms with Crippen molar-refractivity contribution in [3.05, 3.63) is 35.0 Å². The molecule has 7 heteroatoms. The number of aryl methyl sites for hydroxylation is 2. The van der Waals surface area contributed by atoms with Crippen LogP contribution in [-0.2, 0) is 11.8 Å².